The molecule has 6 nitrogen and oxygen atoms in total. The highest BCUT2D eigenvalue weighted by Gasteiger charge is 2.60. The fourth-order valence-electron chi connectivity index (χ4n) is 5.90. The van der Waals surface area contributed by atoms with Crippen molar-refractivity contribution in [1.29, 1.82) is 0 Å². The smallest absolute Gasteiger partial charge is 0.283 e. The van der Waals surface area contributed by atoms with Gasteiger partial charge in [-0.15, -0.1) is 11.6 Å². The Morgan fingerprint density at radius 3 is 2.44 bits per heavy atom. The first-order valence-corrected chi connectivity index (χ1v) is 10.0. The number of rotatable bonds is 2. The maximum absolute atomic E-state index is 13.0. The Balaban J connectivity index is 1.22. The molecule has 4 saturated carbocycles. The zero-order valence-corrected chi connectivity index (χ0v) is 15.8. The predicted molar refractivity (Wildman–Crippen MR) is 98.3 cm³/mol. The molecule has 6 rings (SSSR count). The molecule has 1 aromatic rings. The summed E-state index contributed by atoms with van der Waals surface area (Å²) < 4.78 is 11.2. The molecular formula is C20H23ClN2O4. The van der Waals surface area contributed by atoms with Gasteiger partial charge in [0.15, 0.2) is 11.5 Å². The fraction of sp³-hybridized carbons (Fsp3) is 0.600. The van der Waals surface area contributed by atoms with Crippen LogP contribution in [-0.2, 0) is 9.59 Å². The van der Waals surface area contributed by atoms with Gasteiger partial charge < -0.3 is 9.47 Å². The number of para-hydroxylation sites is 2. The molecule has 1 aliphatic heterocycles. The molecule has 0 aromatic heterocycles. The summed E-state index contributed by atoms with van der Waals surface area (Å²) in [5.74, 6) is 1.66. The lowest BCUT2D eigenvalue weighted by molar-refractivity contribution is -0.148. The molecule has 27 heavy (non-hydrogen) atoms. The van der Waals surface area contributed by atoms with Gasteiger partial charge in [0.05, 0.1) is 5.41 Å². The number of halogens is 1. The van der Waals surface area contributed by atoms with Crippen molar-refractivity contribution in [2.45, 2.75) is 49.5 Å². The van der Waals surface area contributed by atoms with Crippen molar-refractivity contribution in [3.63, 3.8) is 0 Å². The predicted octanol–water partition coefficient (Wildman–Crippen LogP) is 2.55. The molecule has 4 aliphatic carbocycles. The van der Waals surface area contributed by atoms with E-state index in [4.69, 9.17) is 21.1 Å². The van der Waals surface area contributed by atoms with E-state index in [-0.39, 0.29) is 17.4 Å². The number of hydrogen-bond donors (Lipinski definition) is 2. The zero-order chi connectivity index (χ0) is 18.6. The van der Waals surface area contributed by atoms with Gasteiger partial charge in [0, 0.05) is 4.87 Å². The third kappa shape index (κ3) is 2.94. The topological polar surface area (TPSA) is 76.7 Å². The van der Waals surface area contributed by atoms with Crippen LogP contribution in [0.5, 0.6) is 11.5 Å². The van der Waals surface area contributed by atoms with Crippen LogP contribution >= 0.6 is 11.6 Å². The lowest BCUT2D eigenvalue weighted by Crippen LogP contribution is -2.61. The standard InChI is InChI=1S/C20H23ClN2O4/c21-20-8-12-5-13(9-20)7-19(6-12,11-20)18(25)23-22-17(24)16-10-26-14-3-1-2-4-15(14)27-16/h1-4,12-13,16H,5-11H2,(H,22,24)(H,23,25)/t12-,13-,16+,19?,20?/m1/s1. The van der Waals surface area contributed by atoms with Crippen molar-refractivity contribution in [1.82, 2.24) is 10.9 Å². The average Bonchev–Trinajstić information content (AvgIpc) is 2.63. The van der Waals surface area contributed by atoms with Crippen LogP contribution in [0.4, 0.5) is 0 Å². The minimum absolute atomic E-state index is 0.110. The molecule has 144 valence electrons. The van der Waals surface area contributed by atoms with Crippen molar-refractivity contribution in [2.75, 3.05) is 6.61 Å². The van der Waals surface area contributed by atoms with Gasteiger partial charge in [0.1, 0.15) is 6.61 Å². The monoisotopic (exact) mass is 390 g/mol. The Bertz CT molecular complexity index is 784. The lowest BCUT2D eigenvalue weighted by Gasteiger charge is -2.59. The molecule has 0 unspecified atom stereocenters. The van der Waals surface area contributed by atoms with Gasteiger partial charge in [-0.3, -0.25) is 20.4 Å². The van der Waals surface area contributed by atoms with Crippen LogP contribution < -0.4 is 20.3 Å². The summed E-state index contributed by atoms with van der Waals surface area (Å²) >= 11 is 6.79. The second-order valence-corrected chi connectivity index (χ2v) is 9.50. The number of amides is 2. The van der Waals surface area contributed by atoms with Gasteiger partial charge in [-0.25, -0.2) is 0 Å². The first kappa shape index (κ1) is 17.2. The van der Waals surface area contributed by atoms with Crippen molar-refractivity contribution in [2.24, 2.45) is 17.3 Å². The highest BCUT2D eigenvalue weighted by molar-refractivity contribution is 6.24. The summed E-state index contributed by atoms with van der Waals surface area (Å²) in [7, 11) is 0. The Morgan fingerprint density at radius 2 is 1.74 bits per heavy atom. The molecule has 2 N–H and O–H groups in total. The van der Waals surface area contributed by atoms with Crippen molar-refractivity contribution in [3.8, 4) is 11.5 Å². The number of nitrogens with one attached hydrogen (secondary N) is 2. The Hall–Kier alpha value is -1.95. The highest BCUT2D eigenvalue weighted by Crippen LogP contribution is 2.63. The van der Waals surface area contributed by atoms with Gasteiger partial charge in [-0.05, 0) is 62.5 Å². The molecule has 0 radical (unpaired) electrons. The summed E-state index contributed by atoms with van der Waals surface area (Å²) in [6.07, 6.45) is 4.86. The lowest BCUT2D eigenvalue weighted by atomic mass is 9.49. The van der Waals surface area contributed by atoms with Crippen LogP contribution in [0.25, 0.3) is 0 Å². The first-order chi connectivity index (χ1) is 12.9. The Morgan fingerprint density at radius 1 is 1.04 bits per heavy atom. The van der Waals surface area contributed by atoms with E-state index in [1.165, 1.54) is 6.42 Å². The first-order valence-electron chi connectivity index (χ1n) is 9.62. The van der Waals surface area contributed by atoms with Gasteiger partial charge in [-0.2, -0.15) is 0 Å². The number of alkyl halides is 1. The van der Waals surface area contributed by atoms with E-state index in [1.54, 1.807) is 12.1 Å². The number of hydrazine groups is 1. The molecule has 7 heteroatoms. The zero-order valence-electron chi connectivity index (χ0n) is 15.0. The second-order valence-electron chi connectivity index (χ2n) is 8.70. The highest BCUT2D eigenvalue weighted by atomic mass is 35.5. The van der Waals surface area contributed by atoms with Crippen LogP contribution in [0.2, 0.25) is 0 Å². The molecule has 5 aliphatic rings. The van der Waals surface area contributed by atoms with Gasteiger partial charge >= 0.3 is 0 Å². The van der Waals surface area contributed by atoms with Crippen LogP contribution in [0.15, 0.2) is 24.3 Å². The molecule has 3 atom stereocenters. The molecule has 0 spiro atoms. The number of carbonyl (C=O) groups excluding carboxylic acids is 2. The van der Waals surface area contributed by atoms with E-state index in [1.807, 2.05) is 12.1 Å². The van der Waals surface area contributed by atoms with Gasteiger partial charge in [0.2, 0.25) is 12.0 Å². The summed E-state index contributed by atoms with van der Waals surface area (Å²) in [6, 6.07) is 7.21. The SMILES string of the molecule is O=C(NNC(=O)C12C[C@H]3C[C@@H](CC(Cl)(C3)C1)C2)[C@@H]1COc2ccccc2O1. The molecular weight excluding hydrogens is 368 g/mol. The van der Waals surface area contributed by atoms with Crippen LogP contribution in [-0.4, -0.2) is 29.4 Å². The molecule has 0 saturated heterocycles. The summed E-state index contributed by atoms with van der Waals surface area (Å²) in [5.41, 5.74) is 4.73. The minimum atomic E-state index is -0.795. The quantitative estimate of drug-likeness (QED) is 0.601. The van der Waals surface area contributed by atoms with Crippen molar-refractivity contribution in [3.05, 3.63) is 24.3 Å². The van der Waals surface area contributed by atoms with Crippen molar-refractivity contribution < 1.29 is 19.1 Å². The number of fused-ring (bicyclic) bond motifs is 1. The number of benzene rings is 1. The fourth-order valence-corrected chi connectivity index (χ4v) is 6.59. The number of ether oxygens (including phenoxy) is 2. The van der Waals surface area contributed by atoms with Crippen LogP contribution in [0.1, 0.15) is 38.5 Å². The Kier molecular flexibility index (Phi) is 3.83. The van der Waals surface area contributed by atoms with E-state index in [9.17, 15) is 9.59 Å². The normalized spacial score (nSPS) is 38.3. The largest absolute Gasteiger partial charge is 0.485 e. The molecule has 2 amide bonds. The molecule has 1 aromatic carbocycles. The molecule has 4 bridgehead atoms. The molecule has 4 fully saturated rings. The number of hydrogen-bond acceptors (Lipinski definition) is 4. The van der Waals surface area contributed by atoms with Crippen molar-refractivity contribution >= 4 is 23.4 Å². The van der Waals surface area contributed by atoms with Crippen LogP contribution in [0.3, 0.4) is 0 Å². The second kappa shape index (κ2) is 6.03. The maximum atomic E-state index is 13.0. The van der Waals surface area contributed by atoms with Gasteiger partial charge in [0.25, 0.3) is 5.91 Å². The number of carbonyl (C=O) groups is 2. The van der Waals surface area contributed by atoms with Crippen LogP contribution in [0, 0.1) is 17.3 Å². The van der Waals surface area contributed by atoms with Gasteiger partial charge in [-0.1, -0.05) is 12.1 Å². The third-order valence-electron chi connectivity index (χ3n) is 6.57. The molecule has 1 heterocycles. The van der Waals surface area contributed by atoms with E-state index in [0.29, 0.717) is 29.8 Å². The maximum Gasteiger partial charge on any atom is 0.283 e. The Labute approximate surface area is 162 Å². The summed E-state index contributed by atoms with van der Waals surface area (Å²) in [5, 5.41) is 0. The summed E-state index contributed by atoms with van der Waals surface area (Å²) in [6.45, 7) is 0.110. The summed E-state index contributed by atoms with van der Waals surface area (Å²) in [4.78, 5) is 25.2. The van der Waals surface area contributed by atoms with E-state index in [2.05, 4.69) is 10.9 Å². The van der Waals surface area contributed by atoms with E-state index < -0.39 is 17.4 Å². The average molecular weight is 391 g/mol. The third-order valence-corrected chi connectivity index (χ3v) is 7.01. The van der Waals surface area contributed by atoms with E-state index in [0.717, 1.165) is 25.7 Å². The minimum Gasteiger partial charge on any atom is -0.485 e. The van der Waals surface area contributed by atoms with E-state index >= 15 is 0 Å².